The summed E-state index contributed by atoms with van der Waals surface area (Å²) in [7, 11) is 0. The van der Waals surface area contributed by atoms with Crippen LogP contribution < -0.4 is 27.4 Å². The monoisotopic (exact) mass is 521 g/mol. The van der Waals surface area contributed by atoms with Gasteiger partial charge < -0.3 is 37.6 Å². The first-order chi connectivity index (χ1) is 17.2. The van der Waals surface area contributed by atoms with Gasteiger partial charge in [0, 0.05) is 0 Å². The molecule has 0 saturated carbocycles. The van der Waals surface area contributed by atoms with Crippen molar-refractivity contribution in [2.24, 2.45) is 23.3 Å². The highest BCUT2D eigenvalue weighted by Crippen LogP contribution is 2.12. The third kappa shape index (κ3) is 10.9. The molecule has 206 valence electrons. The number of nitrogens with two attached hydrogens (primary N) is 2. The van der Waals surface area contributed by atoms with Gasteiger partial charge in [0.05, 0.1) is 12.5 Å². The molecule has 4 amide bonds. The number of phenols is 1. The van der Waals surface area contributed by atoms with Gasteiger partial charge in [0.1, 0.15) is 23.9 Å². The maximum absolute atomic E-state index is 13.1. The highest BCUT2D eigenvalue weighted by molar-refractivity contribution is 5.96. The lowest BCUT2D eigenvalue weighted by molar-refractivity contribution is -0.144. The van der Waals surface area contributed by atoms with Crippen molar-refractivity contribution in [1.82, 2.24) is 16.0 Å². The Morgan fingerprint density at radius 1 is 0.892 bits per heavy atom. The molecule has 0 aromatic heterocycles. The van der Waals surface area contributed by atoms with E-state index in [1.807, 2.05) is 13.8 Å². The minimum absolute atomic E-state index is 0.0328. The molecule has 0 radical (unpaired) electrons. The minimum Gasteiger partial charge on any atom is -0.508 e. The number of carbonyl (C=O) groups is 5. The minimum atomic E-state index is -1.44. The van der Waals surface area contributed by atoms with Crippen LogP contribution in [0.1, 0.15) is 52.5 Å². The van der Waals surface area contributed by atoms with Crippen LogP contribution in [0.15, 0.2) is 24.3 Å². The molecule has 0 heterocycles. The molecule has 37 heavy (non-hydrogen) atoms. The van der Waals surface area contributed by atoms with Gasteiger partial charge in [-0.15, -0.1) is 0 Å². The molecule has 9 N–H and O–H groups in total. The van der Waals surface area contributed by atoms with Crippen molar-refractivity contribution in [2.75, 3.05) is 0 Å². The molecule has 0 aliphatic heterocycles. The van der Waals surface area contributed by atoms with Crippen molar-refractivity contribution in [3.05, 3.63) is 29.8 Å². The van der Waals surface area contributed by atoms with Crippen LogP contribution in [0.25, 0.3) is 0 Å². The molecule has 1 aromatic carbocycles. The van der Waals surface area contributed by atoms with E-state index in [1.54, 1.807) is 26.0 Å². The normalized spacial score (nSPS) is 15.1. The van der Waals surface area contributed by atoms with Crippen molar-refractivity contribution in [3.8, 4) is 5.75 Å². The van der Waals surface area contributed by atoms with Crippen molar-refractivity contribution < 1.29 is 34.2 Å². The number of hydrogen-bond acceptors (Lipinski definition) is 7. The number of amides is 4. The summed E-state index contributed by atoms with van der Waals surface area (Å²) in [4.78, 5) is 61.9. The Balaban J connectivity index is 2.99. The van der Waals surface area contributed by atoms with Crippen LogP contribution in [0.5, 0.6) is 5.75 Å². The quantitative estimate of drug-likeness (QED) is 0.163. The van der Waals surface area contributed by atoms with Crippen molar-refractivity contribution >= 4 is 29.6 Å². The third-order valence-corrected chi connectivity index (χ3v) is 5.88. The van der Waals surface area contributed by atoms with Gasteiger partial charge in [0.25, 0.3) is 0 Å². The predicted molar refractivity (Wildman–Crippen MR) is 136 cm³/mol. The number of carboxylic acids is 1. The fourth-order valence-corrected chi connectivity index (χ4v) is 3.58. The zero-order chi connectivity index (χ0) is 28.3. The van der Waals surface area contributed by atoms with Gasteiger partial charge in [0.15, 0.2) is 0 Å². The molecule has 0 fully saturated rings. The molecule has 5 unspecified atom stereocenters. The SMILES string of the molecule is CCC(C)C(NC(=O)C(CC(N)=O)NC(=O)C(CC(C)C)NC(=O)C(N)Cc1ccc(O)cc1)C(=O)O. The molecule has 12 nitrogen and oxygen atoms in total. The maximum atomic E-state index is 13.1. The van der Waals surface area contributed by atoms with Crippen molar-refractivity contribution in [2.45, 2.75) is 77.5 Å². The first kappa shape index (κ1) is 31.4. The molecular weight excluding hydrogens is 482 g/mol. The second kappa shape index (κ2) is 14.8. The van der Waals surface area contributed by atoms with Crippen LogP contribution in [0.3, 0.4) is 0 Å². The fraction of sp³-hybridized carbons (Fsp3) is 0.560. The summed E-state index contributed by atoms with van der Waals surface area (Å²) in [6.07, 6.45) is 0.268. The maximum Gasteiger partial charge on any atom is 0.326 e. The number of aliphatic carboxylic acids is 1. The highest BCUT2D eigenvalue weighted by atomic mass is 16.4. The lowest BCUT2D eigenvalue weighted by Crippen LogP contribution is -2.58. The Labute approximate surface area is 216 Å². The number of carbonyl (C=O) groups excluding carboxylic acids is 4. The molecule has 0 bridgehead atoms. The van der Waals surface area contributed by atoms with Crippen LogP contribution in [-0.4, -0.2) is 64.0 Å². The Hall–Kier alpha value is -3.67. The molecule has 0 aliphatic carbocycles. The molecule has 0 aliphatic rings. The molecule has 12 heteroatoms. The fourth-order valence-electron chi connectivity index (χ4n) is 3.58. The zero-order valence-corrected chi connectivity index (χ0v) is 21.7. The molecule has 0 saturated heterocycles. The number of carboxylic acid groups (broad SMARTS) is 1. The summed E-state index contributed by atoms with van der Waals surface area (Å²) in [5.74, 6) is -4.72. The number of primary amides is 1. The first-order valence-electron chi connectivity index (χ1n) is 12.2. The molecular formula is C25H39N5O7. The Morgan fingerprint density at radius 3 is 1.92 bits per heavy atom. The number of rotatable bonds is 15. The van der Waals surface area contributed by atoms with E-state index in [2.05, 4.69) is 16.0 Å². The van der Waals surface area contributed by atoms with E-state index in [-0.39, 0.29) is 24.5 Å². The third-order valence-electron chi connectivity index (χ3n) is 5.88. The van der Waals surface area contributed by atoms with E-state index in [0.29, 0.717) is 12.0 Å². The number of hydrogen-bond donors (Lipinski definition) is 7. The van der Waals surface area contributed by atoms with E-state index >= 15 is 0 Å². The molecule has 5 atom stereocenters. The van der Waals surface area contributed by atoms with E-state index < -0.39 is 66.1 Å². The number of aromatic hydroxyl groups is 1. The first-order valence-corrected chi connectivity index (χ1v) is 12.2. The standard InChI is InChI=1S/C25H39N5O7/c1-5-14(4)21(25(36)37)30-24(35)19(12-20(27)32)29-23(34)18(10-13(2)3)28-22(33)17(26)11-15-6-8-16(31)9-7-15/h6-9,13-14,17-19,21,31H,5,10-12,26H2,1-4H3,(H2,27,32)(H,28,33)(H,29,34)(H,30,35)(H,36,37). The predicted octanol–water partition coefficient (Wildman–Crippen LogP) is -0.231. The topological polar surface area (TPSA) is 214 Å². The summed E-state index contributed by atoms with van der Waals surface area (Å²) in [5.41, 5.74) is 12.0. The van der Waals surface area contributed by atoms with Gasteiger partial charge in [-0.05, 0) is 42.4 Å². The summed E-state index contributed by atoms with van der Waals surface area (Å²) in [6.45, 7) is 7.08. The van der Waals surface area contributed by atoms with Gasteiger partial charge in [0.2, 0.25) is 23.6 Å². The average Bonchev–Trinajstić information content (AvgIpc) is 2.81. The molecule has 1 aromatic rings. The Bertz CT molecular complexity index is 951. The smallest absolute Gasteiger partial charge is 0.326 e. The van der Waals surface area contributed by atoms with Crippen molar-refractivity contribution in [3.63, 3.8) is 0 Å². The number of phenolic OH excluding ortho intramolecular Hbond substituents is 1. The van der Waals surface area contributed by atoms with Gasteiger partial charge in [-0.1, -0.05) is 46.2 Å². The lowest BCUT2D eigenvalue weighted by atomic mass is 9.98. The van der Waals surface area contributed by atoms with Crippen LogP contribution in [-0.2, 0) is 30.4 Å². The number of benzene rings is 1. The van der Waals surface area contributed by atoms with Crippen LogP contribution in [0.4, 0.5) is 0 Å². The van der Waals surface area contributed by atoms with E-state index in [0.717, 1.165) is 0 Å². The van der Waals surface area contributed by atoms with E-state index in [1.165, 1.54) is 12.1 Å². The Kier molecular flexibility index (Phi) is 12.5. The summed E-state index contributed by atoms with van der Waals surface area (Å²) >= 11 is 0. The van der Waals surface area contributed by atoms with Crippen LogP contribution >= 0.6 is 0 Å². The summed E-state index contributed by atoms with van der Waals surface area (Å²) < 4.78 is 0. The number of nitrogens with one attached hydrogen (secondary N) is 3. The summed E-state index contributed by atoms with van der Waals surface area (Å²) in [5, 5.41) is 26.2. The van der Waals surface area contributed by atoms with Gasteiger partial charge in [-0.3, -0.25) is 19.2 Å². The zero-order valence-electron chi connectivity index (χ0n) is 21.7. The Morgan fingerprint density at radius 2 is 1.43 bits per heavy atom. The average molecular weight is 522 g/mol. The van der Waals surface area contributed by atoms with E-state index in [4.69, 9.17) is 11.5 Å². The van der Waals surface area contributed by atoms with E-state index in [9.17, 15) is 34.2 Å². The highest BCUT2D eigenvalue weighted by Gasteiger charge is 2.33. The van der Waals surface area contributed by atoms with Gasteiger partial charge >= 0.3 is 5.97 Å². The molecule has 0 spiro atoms. The largest absolute Gasteiger partial charge is 0.508 e. The second-order valence-electron chi connectivity index (χ2n) is 9.61. The van der Waals surface area contributed by atoms with Crippen LogP contribution in [0.2, 0.25) is 0 Å². The van der Waals surface area contributed by atoms with Crippen LogP contribution in [0, 0.1) is 11.8 Å². The summed E-state index contributed by atoms with van der Waals surface area (Å²) in [6, 6.07) is 1.44. The van der Waals surface area contributed by atoms with Gasteiger partial charge in [-0.2, -0.15) is 0 Å². The van der Waals surface area contributed by atoms with Gasteiger partial charge in [-0.25, -0.2) is 4.79 Å². The molecule has 1 rings (SSSR count). The lowest BCUT2D eigenvalue weighted by Gasteiger charge is -2.26. The second-order valence-corrected chi connectivity index (χ2v) is 9.61. The van der Waals surface area contributed by atoms with Crippen molar-refractivity contribution in [1.29, 1.82) is 0 Å².